The molecule has 0 atom stereocenters. The number of hydrogen-bond donors (Lipinski definition) is 0. The van der Waals surface area contributed by atoms with E-state index in [-0.39, 0.29) is 22.2 Å². The molecule has 9 heteroatoms. The molecule has 1 heterocycles. The van der Waals surface area contributed by atoms with Crippen molar-refractivity contribution in [2.24, 2.45) is 5.92 Å². The summed E-state index contributed by atoms with van der Waals surface area (Å²) in [5, 5.41) is 7.12. The van der Waals surface area contributed by atoms with Crippen molar-refractivity contribution in [2.75, 3.05) is 32.1 Å². The number of fused-ring (bicyclic) bond motifs is 1. The van der Waals surface area contributed by atoms with Gasteiger partial charge in [0.05, 0.1) is 15.8 Å². The lowest BCUT2D eigenvalue weighted by Crippen LogP contribution is -2.37. The molecule has 1 amide bonds. The molecule has 0 unspecified atom stereocenters. The fourth-order valence-corrected chi connectivity index (χ4v) is 3.76. The average Bonchev–Trinajstić information content (AvgIpc) is 3.06. The van der Waals surface area contributed by atoms with Crippen LogP contribution < -0.4 is 4.90 Å². The van der Waals surface area contributed by atoms with Crippen molar-refractivity contribution in [2.45, 2.75) is 37.8 Å². The number of hydrogen-bond acceptors (Lipinski definition) is 7. The molecule has 0 saturated heterocycles. The Morgan fingerprint density at radius 2 is 1.69 bits per heavy atom. The monoisotopic (exact) mass is 382 g/mol. The van der Waals surface area contributed by atoms with Gasteiger partial charge in [0.25, 0.3) is 0 Å². The van der Waals surface area contributed by atoms with E-state index in [2.05, 4.69) is 10.3 Å². The molecule has 0 saturated carbocycles. The van der Waals surface area contributed by atoms with Gasteiger partial charge in [0.1, 0.15) is 0 Å². The maximum Gasteiger partial charge on any atom is 0.224 e. The number of benzene rings is 1. The summed E-state index contributed by atoms with van der Waals surface area (Å²) in [7, 11) is 0.124. The topological polar surface area (TPSA) is 96.6 Å². The van der Waals surface area contributed by atoms with Crippen LogP contribution in [0.1, 0.15) is 27.7 Å². The van der Waals surface area contributed by atoms with Gasteiger partial charge < -0.3 is 9.80 Å². The quantitative estimate of drug-likeness (QED) is 0.722. The third-order valence-electron chi connectivity index (χ3n) is 4.34. The Labute approximate surface area is 154 Å². The average molecular weight is 382 g/mol. The minimum absolute atomic E-state index is 0.0581. The van der Waals surface area contributed by atoms with E-state index in [9.17, 15) is 13.2 Å². The molecule has 0 radical (unpaired) electrons. The van der Waals surface area contributed by atoms with Crippen LogP contribution in [0.25, 0.3) is 11.0 Å². The van der Waals surface area contributed by atoms with Crippen molar-refractivity contribution in [1.82, 2.24) is 15.2 Å². The number of nitrogens with zero attached hydrogens (tertiary/aromatic N) is 4. The highest BCUT2D eigenvalue weighted by molar-refractivity contribution is 7.92. The van der Waals surface area contributed by atoms with Gasteiger partial charge >= 0.3 is 0 Å². The summed E-state index contributed by atoms with van der Waals surface area (Å²) in [5.74, 6) is 0.0160. The first-order chi connectivity index (χ1) is 12.1. The largest absolute Gasteiger partial charge is 0.371 e. The number of carbonyl (C=O) groups is 1. The molecule has 1 aromatic carbocycles. The molecular formula is C17H26N4O4S. The van der Waals surface area contributed by atoms with Crippen LogP contribution in [0.3, 0.4) is 0 Å². The van der Waals surface area contributed by atoms with E-state index in [1.165, 1.54) is 6.07 Å². The zero-order valence-electron chi connectivity index (χ0n) is 16.1. The summed E-state index contributed by atoms with van der Waals surface area (Å²) in [6.07, 6.45) is 0. The van der Waals surface area contributed by atoms with Gasteiger partial charge in [0.2, 0.25) is 5.91 Å². The van der Waals surface area contributed by atoms with Crippen LogP contribution in [0.2, 0.25) is 0 Å². The Morgan fingerprint density at radius 1 is 1.08 bits per heavy atom. The molecule has 1 aromatic heterocycles. The summed E-state index contributed by atoms with van der Waals surface area (Å²) in [5.41, 5.74) is 1.33. The van der Waals surface area contributed by atoms with Crippen LogP contribution in [0.5, 0.6) is 0 Å². The van der Waals surface area contributed by atoms with E-state index in [0.717, 1.165) is 0 Å². The lowest BCUT2D eigenvalue weighted by atomic mass is 10.2. The first-order valence-electron chi connectivity index (χ1n) is 8.52. The van der Waals surface area contributed by atoms with Gasteiger partial charge in [-0.2, -0.15) is 0 Å². The molecule has 0 fully saturated rings. The first-order valence-corrected chi connectivity index (χ1v) is 10.1. The van der Waals surface area contributed by atoms with Gasteiger partial charge in [-0.15, -0.1) is 0 Å². The second-order valence-corrected chi connectivity index (χ2v) is 9.45. The maximum absolute atomic E-state index is 12.5. The summed E-state index contributed by atoms with van der Waals surface area (Å²) >= 11 is 0. The van der Waals surface area contributed by atoms with E-state index < -0.39 is 15.1 Å². The van der Waals surface area contributed by atoms with Crippen LogP contribution >= 0.6 is 0 Å². The Balaban J connectivity index is 2.29. The van der Waals surface area contributed by atoms with Crippen molar-refractivity contribution in [1.29, 1.82) is 0 Å². The van der Waals surface area contributed by atoms with Crippen LogP contribution in [0.4, 0.5) is 5.69 Å². The van der Waals surface area contributed by atoms with Gasteiger partial charge in [-0.3, -0.25) is 4.79 Å². The molecule has 0 aliphatic rings. The van der Waals surface area contributed by atoms with Crippen LogP contribution in [-0.4, -0.2) is 62.0 Å². The molecule has 144 valence electrons. The van der Waals surface area contributed by atoms with Gasteiger partial charge in [-0.25, -0.2) is 13.0 Å². The molecule has 0 aliphatic heterocycles. The van der Waals surface area contributed by atoms with Gasteiger partial charge in [-0.05, 0) is 36.3 Å². The van der Waals surface area contributed by atoms with Crippen LogP contribution in [0, 0.1) is 5.92 Å². The molecule has 0 aliphatic carbocycles. The van der Waals surface area contributed by atoms with Gasteiger partial charge in [0, 0.05) is 33.1 Å². The smallest absolute Gasteiger partial charge is 0.224 e. The minimum atomic E-state index is -3.50. The summed E-state index contributed by atoms with van der Waals surface area (Å²) in [6.45, 7) is 8.06. The van der Waals surface area contributed by atoms with Crippen LogP contribution in [0.15, 0.2) is 21.7 Å². The van der Waals surface area contributed by atoms with Gasteiger partial charge in [0.15, 0.2) is 20.9 Å². The third-order valence-corrected chi connectivity index (χ3v) is 6.52. The standard InChI is InChI=1S/C17H26N4O4S/c1-11(2)17(22)21(6)10-9-20(5)13-7-8-14(26(23,24)12(3)4)16-15(13)18-25-19-16/h7-8,11-12H,9-10H2,1-6H3. The fraction of sp³-hybridized carbons (Fsp3) is 0.588. The van der Waals surface area contributed by atoms with Crippen molar-refractivity contribution < 1.29 is 17.8 Å². The highest BCUT2D eigenvalue weighted by atomic mass is 32.2. The third kappa shape index (κ3) is 3.82. The van der Waals surface area contributed by atoms with Crippen molar-refractivity contribution in [3.05, 3.63) is 12.1 Å². The molecule has 8 nitrogen and oxygen atoms in total. The van der Waals surface area contributed by atoms with E-state index in [4.69, 9.17) is 4.63 Å². The minimum Gasteiger partial charge on any atom is -0.371 e. The Kier molecular flexibility index (Phi) is 5.90. The number of aromatic nitrogens is 2. The van der Waals surface area contributed by atoms with E-state index in [1.807, 2.05) is 25.8 Å². The highest BCUT2D eigenvalue weighted by Gasteiger charge is 2.26. The zero-order chi connectivity index (χ0) is 19.6. The zero-order valence-corrected chi connectivity index (χ0v) is 16.9. The van der Waals surface area contributed by atoms with Gasteiger partial charge in [-0.1, -0.05) is 13.8 Å². The lowest BCUT2D eigenvalue weighted by molar-refractivity contribution is -0.132. The molecule has 2 aromatic rings. The summed E-state index contributed by atoms with van der Waals surface area (Å²) in [6, 6.07) is 3.24. The molecule has 26 heavy (non-hydrogen) atoms. The number of anilines is 1. The summed E-state index contributed by atoms with van der Waals surface area (Å²) in [4.78, 5) is 15.7. The number of likely N-dealkylation sites (N-methyl/N-ethyl adjacent to an activating group) is 2. The highest BCUT2D eigenvalue weighted by Crippen LogP contribution is 2.30. The number of amides is 1. The Morgan fingerprint density at radius 3 is 2.27 bits per heavy atom. The van der Waals surface area contributed by atoms with E-state index in [0.29, 0.717) is 24.3 Å². The van der Waals surface area contributed by atoms with E-state index >= 15 is 0 Å². The second kappa shape index (κ2) is 7.61. The molecule has 0 bridgehead atoms. The van der Waals surface area contributed by atoms with Crippen molar-refractivity contribution >= 4 is 32.5 Å². The molecular weight excluding hydrogens is 356 g/mol. The second-order valence-electron chi connectivity index (χ2n) is 6.97. The van der Waals surface area contributed by atoms with Crippen molar-refractivity contribution in [3.8, 4) is 0 Å². The first kappa shape index (κ1) is 20.2. The summed E-state index contributed by atoms with van der Waals surface area (Å²) < 4.78 is 29.8. The predicted molar refractivity (Wildman–Crippen MR) is 99.9 cm³/mol. The predicted octanol–water partition coefficient (Wildman–Crippen LogP) is 1.96. The maximum atomic E-state index is 12.5. The Bertz CT molecular complexity index is 889. The molecule has 2 rings (SSSR count). The number of rotatable bonds is 7. The molecule has 0 N–H and O–H groups in total. The van der Waals surface area contributed by atoms with Crippen LogP contribution in [-0.2, 0) is 14.6 Å². The normalized spacial score (nSPS) is 12.2. The SMILES string of the molecule is CC(C)C(=O)N(C)CCN(C)c1ccc(S(=O)(=O)C(C)C)c2nonc12. The Hall–Kier alpha value is -2.16. The lowest BCUT2D eigenvalue weighted by Gasteiger charge is -2.25. The van der Waals surface area contributed by atoms with Crippen molar-refractivity contribution in [3.63, 3.8) is 0 Å². The molecule has 0 spiro atoms. The van der Waals surface area contributed by atoms with E-state index in [1.54, 1.807) is 31.9 Å². The fourth-order valence-electron chi connectivity index (χ4n) is 2.59. The number of sulfone groups is 1. The number of carbonyl (C=O) groups excluding carboxylic acids is 1.